The van der Waals surface area contributed by atoms with Crippen LogP contribution in [-0.2, 0) is 5.41 Å². The van der Waals surface area contributed by atoms with Gasteiger partial charge in [-0.3, -0.25) is 0 Å². The first-order valence-corrected chi connectivity index (χ1v) is 9.57. The van der Waals surface area contributed by atoms with Gasteiger partial charge in [0.05, 0.1) is 11.9 Å². The summed E-state index contributed by atoms with van der Waals surface area (Å²) < 4.78 is 3.71. The molecule has 0 radical (unpaired) electrons. The Morgan fingerprint density at radius 3 is 2.73 bits per heavy atom. The molecule has 9 heteroatoms. The SMILES string of the molecule is CC(C)(C)c1cn2nc(Sc3nnc(NC4CC4)s3)sc2n1. The highest BCUT2D eigenvalue weighted by Gasteiger charge is 2.23. The number of imidazole rings is 1. The molecule has 1 saturated carbocycles. The van der Waals surface area contributed by atoms with Crippen LogP contribution in [0.25, 0.3) is 4.96 Å². The van der Waals surface area contributed by atoms with E-state index in [-0.39, 0.29) is 5.41 Å². The van der Waals surface area contributed by atoms with Gasteiger partial charge in [-0.05, 0) is 24.6 Å². The van der Waals surface area contributed by atoms with Crippen LogP contribution in [0.4, 0.5) is 5.13 Å². The molecule has 22 heavy (non-hydrogen) atoms. The molecule has 3 aromatic rings. The lowest BCUT2D eigenvalue weighted by Crippen LogP contribution is -2.11. The summed E-state index contributed by atoms with van der Waals surface area (Å²) in [5.74, 6) is 0. The van der Waals surface area contributed by atoms with Crippen LogP contribution >= 0.6 is 34.4 Å². The molecule has 0 spiro atoms. The average Bonchev–Trinajstić information content (AvgIpc) is 2.81. The summed E-state index contributed by atoms with van der Waals surface area (Å²) >= 11 is 4.72. The molecule has 1 fully saturated rings. The Balaban J connectivity index is 1.51. The third-order valence-electron chi connectivity index (χ3n) is 3.28. The molecule has 116 valence electrons. The minimum atomic E-state index is 0.0450. The molecule has 4 rings (SSSR count). The van der Waals surface area contributed by atoms with Gasteiger partial charge in [0.1, 0.15) is 0 Å². The van der Waals surface area contributed by atoms with Crippen LogP contribution in [0.3, 0.4) is 0 Å². The van der Waals surface area contributed by atoms with Gasteiger partial charge in [-0.25, -0.2) is 9.50 Å². The summed E-state index contributed by atoms with van der Waals surface area (Å²) in [6.07, 6.45) is 4.49. The molecule has 0 saturated heterocycles. The van der Waals surface area contributed by atoms with E-state index in [1.165, 1.54) is 12.8 Å². The van der Waals surface area contributed by atoms with Crippen LogP contribution in [0.5, 0.6) is 0 Å². The van der Waals surface area contributed by atoms with Crippen LogP contribution in [0.1, 0.15) is 39.3 Å². The van der Waals surface area contributed by atoms with Gasteiger partial charge in [0.25, 0.3) is 0 Å². The predicted octanol–water partition coefficient (Wildman–Crippen LogP) is 3.67. The maximum Gasteiger partial charge on any atom is 0.213 e. The number of rotatable bonds is 4. The zero-order valence-electron chi connectivity index (χ0n) is 12.5. The second-order valence-electron chi connectivity index (χ2n) is 6.37. The molecule has 6 nitrogen and oxygen atoms in total. The van der Waals surface area contributed by atoms with E-state index in [2.05, 4.69) is 46.4 Å². The van der Waals surface area contributed by atoms with Crippen molar-refractivity contribution in [1.29, 1.82) is 0 Å². The number of aromatic nitrogens is 5. The average molecular weight is 353 g/mol. The van der Waals surface area contributed by atoms with Crippen molar-refractivity contribution in [2.75, 3.05) is 5.32 Å². The number of nitrogens with one attached hydrogen (secondary N) is 1. The quantitative estimate of drug-likeness (QED) is 0.773. The highest BCUT2D eigenvalue weighted by atomic mass is 32.2. The fraction of sp³-hybridized carbons (Fsp3) is 0.538. The molecule has 0 unspecified atom stereocenters. The first-order valence-electron chi connectivity index (χ1n) is 7.12. The van der Waals surface area contributed by atoms with Gasteiger partial charge in [-0.1, -0.05) is 43.4 Å². The van der Waals surface area contributed by atoms with Crippen LogP contribution in [0.2, 0.25) is 0 Å². The van der Waals surface area contributed by atoms with E-state index in [4.69, 9.17) is 0 Å². The second kappa shape index (κ2) is 5.17. The normalized spacial score (nSPS) is 15.6. The van der Waals surface area contributed by atoms with Crippen LogP contribution in [0, 0.1) is 0 Å². The van der Waals surface area contributed by atoms with Crippen LogP contribution in [-0.4, -0.2) is 30.8 Å². The topological polar surface area (TPSA) is 68.0 Å². The van der Waals surface area contributed by atoms with Gasteiger partial charge in [0.15, 0.2) is 8.68 Å². The Morgan fingerprint density at radius 2 is 2.05 bits per heavy atom. The smallest absolute Gasteiger partial charge is 0.213 e. The number of anilines is 1. The number of hydrogen-bond acceptors (Lipinski definition) is 8. The van der Waals surface area contributed by atoms with Crippen molar-refractivity contribution in [3.8, 4) is 0 Å². The first kappa shape index (κ1) is 14.4. The van der Waals surface area contributed by atoms with E-state index in [0.29, 0.717) is 6.04 Å². The van der Waals surface area contributed by atoms with Gasteiger partial charge < -0.3 is 5.32 Å². The summed E-state index contributed by atoms with van der Waals surface area (Å²) in [4.78, 5) is 5.58. The molecule has 0 bridgehead atoms. The fourth-order valence-corrected chi connectivity index (χ4v) is 4.83. The standard InChI is InChI=1S/C13H16N6S3/c1-13(2,3)8-6-19-10(15-8)21-12(18-19)22-11-17-16-9(20-11)14-7-4-5-7/h6-7H,4-5H2,1-3H3,(H,14,16). The Hall–Kier alpha value is -1.19. The zero-order valence-corrected chi connectivity index (χ0v) is 15.0. The highest BCUT2D eigenvalue weighted by Crippen LogP contribution is 2.36. The molecule has 3 heterocycles. The highest BCUT2D eigenvalue weighted by molar-refractivity contribution is 8.02. The van der Waals surface area contributed by atoms with E-state index in [1.807, 2.05) is 10.7 Å². The van der Waals surface area contributed by atoms with Crippen LogP contribution in [0.15, 0.2) is 14.9 Å². The van der Waals surface area contributed by atoms with Crippen molar-refractivity contribution in [3.05, 3.63) is 11.9 Å². The Labute approximate surface area is 140 Å². The monoisotopic (exact) mass is 352 g/mol. The maximum atomic E-state index is 4.66. The van der Waals surface area contributed by atoms with Crippen molar-refractivity contribution in [3.63, 3.8) is 0 Å². The van der Waals surface area contributed by atoms with E-state index in [0.717, 1.165) is 24.5 Å². The van der Waals surface area contributed by atoms with Gasteiger partial charge >= 0.3 is 0 Å². The van der Waals surface area contributed by atoms with Crippen molar-refractivity contribution < 1.29 is 0 Å². The molecule has 0 aliphatic heterocycles. The second-order valence-corrected chi connectivity index (χ2v) is 9.79. The zero-order chi connectivity index (χ0) is 15.3. The van der Waals surface area contributed by atoms with Gasteiger partial charge in [0, 0.05) is 11.5 Å². The third kappa shape index (κ3) is 2.97. The fourth-order valence-electron chi connectivity index (χ4n) is 1.87. The molecule has 0 aromatic carbocycles. The lowest BCUT2D eigenvalue weighted by Gasteiger charge is -2.13. The predicted molar refractivity (Wildman–Crippen MR) is 90.2 cm³/mol. The first-order chi connectivity index (χ1) is 10.5. The largest absolute Gasteiger partial charge is 0.357 e. The Morgan fingerprint density at radius 1 is 1.23 bits per heavy atom. The van der Waals surface area contributed by atoms with Gasteiger partial charge in [-0.15, -0.1) is 15.3 Å². The molecular weight excluding hydrogens is 336 g/mol. The van der Waals surface area contributed by atoms with Crippen LogP contribution < -0.4 is 5.32 Å². The summed E-state index contributed by atoms with van der Waals surface area (Å²) in [5.41, 5.74) is 1.11. The third-order valence-corrected chi connectivity index (χ3v) is 6.16. The summed E-state index contributed by atoms with van der Waals surface area (Å²) in [6.45, 7) is 6.47. The van der Waals surface area contributed by atoms with E-state index in [9.17, 15) is 0 Å². The molecule has 0 amide bonds. The molecule has 3 aromatic heterocycles. The molecule has 1 aliphatic carbocycles. The summed E-state index contributed by atoms with van der Waals surface area (Å²) in [5, 5.41) is 17.2. The molecular formula is C13H16N6S3. The van der Waals surface area contributed by atoms with Crippen molar-refractivity contribution >= 4 is 44.5 Å². The van der Waals surface area contributed by atoms with E-state index in [1.54, 1.807) is 34.4 Å². The Bertz CT molecular complexity index is 776. The Kier molecular flexibility index (Phi) is 3.39. The van der Waals surface area contributed by atoms with Gasteiger partial charge in [0.2, 0.25) is 10.1 Å². The molecule has 1 N–H and O–H groups in total. The molecule has 0 atom stereocenters. The lowest BCUT2D eigenvalue weighted by molar-refractivity contribution is 0.572. The number of fused-ring (bicyclic) bond motifs is 1. The minimum absolute atomic E-state index is 0.0450. The minimum Gasteiger partial charge on any atom is -0.357 e. The van der Waals surface area contributed by atoms with Crippen molar-refractivity contribution in [2.24, 2.45) is 0 Å². The van der Waals surface area contributed by atoms with Crippen molar-refractivity contribution in [2.45, 2.75) is 53.7 Å². The summed E-state index contributed by atoms with van der Waals surface area (Å²) in [7, 11) is 0. The van der Waals surface area contributed by atoms with E-state index < -0.39 is 0 Å². The van der Waals surface area contributed by atoms with Gasteiger partial charge in [-0.2, -0.15) is 0 Å². The number of nitrogens with zero attached hydrogens (tertiary/aromatic N) is 5. The maximum absolute atomic E-state index is 4.66. The summed E-state index contributed by atoms with van der Waals surface area (Å²) in [6, 6.07) is 0.602. The van der Waals surface area contributed by atoms with E-state index >= 15 is 0 Å². The lowest BCUT2D eigenvalue weighted by atomic mass is 9.93. The molecule has 1 aliphatic rings. The van der Waals surface area contributed by atoms with Crippen molar-refractivity contribution in [1.82, 2.24) is 24.8 Å². The number of hydrogen-bond donors (Lipinski definition) is 1.